The first-order valence-electron chi connectivity index (χ1n) is 6.87. The lowest BCUT2D eigenvalue weighted by Crippen LogP contribution is -2.35. The van der Waals surface area contributed by atoms with Gasteiger partial charge in [0.1, 0.15) is 0 Å². The molecule has 3 nitrogen and oxygen atoms in total. The zero-order valence-corrected chi connectivity index (χ0v) is 13.0. The Labute approximate surface area is 117 Å². The van der Waals surface area contributed by atoms with Gasteiger partial charge in [0.05, 0.1) is 13.7 Å². The average molecular weight is 265 g/mol. The molecule has 0 saturated heterocycles. The quantitative estimate of drug-likeness (QED) is 0.852. The average Bonchev–Trinajstić information content (AvgIpc) is 2.32. The highest BCUT2D eigenvalue weighted by Crippen LogP contribution is 2.31. The maximum absolute atomic E-state index is 5.92. The van der Waals surface area contributed by atoms with E-state index in [1.54, 1.807) is 7.11 Å². The summed E-state index contributed by atoms with van der Waals surface area (Å²) in [5.41, 5.74) is 1.22. The Morgan fingerprint density at radius 1 is 1.21 bits per heavy atom. The van der Waals surface area contributed by atoms with Crippen LogP contribution >= 0.6 is 0 Å². The van der Waals surface area contributed by atoms with Gasteiger partial charge in [0.25, 0.3) is 0 Å². The van der Waals surface area contributed by atoms with Crippen LogP contribution in [0, 0.1) is 5.92 Å². The lowest BCUT2D eigenvalue weighted by Gasteiger charge is -2.22. The van der Waals surface area contributed by atoms with E-state index in [2.05, 4.69) is 46.0 Å². The fraction of sp³-hybridized carbons (Fsp3) is 0.625. The van der Waals surface area contributed by atoms with Gasteiger partial charge in [0.2, 0.25) is 0 Å². The Morgan fingerprint density at radius 2 is 1.89 bits per heavy atom. The maximum atomic E-state index is 5.92. The van der Waals surface area contributed by atoms with Gasteiger partial charge in [-0.2, -0.15) is 0 Å². The van der Waals surface area contributed by atoms with Crippen LogP contribution in [0.25, 0.3) is 0 Å². The number of nitrogens with one attached hydrogen (secondary N) is 1. The van der Waals surface area contributed by atoms with Crippen molar-refractivity contribution >= 4 is 0 Å². The smallest absolute Gasteiger partial charge is 0.165 e. The molecule has 108 valence electrons. The second-order valence-corrected chi connectivity index (χ2v) is 6.26. The molecule has 1 aromatic rings. The first kappa shape index (κ1) is 15.8. The Hall–Kier alpha value is -1.22. The van der Waals surface area contributed by atoms with Gasteiger partial charge in [-0.05, 0) is 32.8 Å². The van der Waals surface area contributed by atoms with Crippen molar-refractivity contribution in [3.05, 3.63) is 23.8 Å². The van der Waals surface area contributed by atoms with E-state index in [4.69, 9.17) is 9.47 Å². The zero-order valence-electron chi connectivity index (χ0n) is 13.0. The molecule has 0 aliphatic rings. The molecular formula is C16H27NO2. The maximum Gasteiger partial charge on any atom is 0.165 e. The van der Waals surface area contributed by atoms with Crippen LogP contribution in [0.2, 0.25) is 0 Å². The van der Waals surface area contributed by atoms with E-state index < -0.39 is 0 Å². The van der Waals surface area contributed by atoms with Gasteiger partial charge < -0.3 is 14.8 Å². The summed E-state index contributed by atoms with van der Waals surface area (Å²) in [6, 6.07) is 6.02. The molecule has 1 aromatic carbocycles. The number of hydrogen-bond acceptors (Lipinski definition) is 3. The molecule has 0 heterocycles. The fourth-order valence-electron chi connectivity index (χ4n) is 1.64. The number of methoxy groups -OCH3 is 1. The van der Waals surface area contributed by atoms with E-state index in [0.29, 0.717) is 12.5 Å². The molecule has 0 unspecified atom stereocenters. The van der Waals surface area contributed by atoms with Gasteiger partial charge >= 0.3 is 0 Å². The van der Waals surface area contributed by atoms with Gasteiger partial charge in [-0.25, -0.2) is 0 Å². The number of hydrogen-bond donors (Lipinski definition) is 1. The van der Waals surface area contributed by atoms with Crippen molar-refractivity contribution in [1.82, 2.24) is 5.32 Å². The molecule has 0 atom stereocenters. The second-order valence-electron chi connectivity index (χ2n) is 6.26. The van der Waals surface area contributed by atoms with Crippen molar-refractivity contribution in [2.75, 3.05) is 13.7 Å². The monoisotopic (exact) mass is 265 g/mol. The van der Waals surface area contributed by atoms with Crippen LogP contribution in [0.15, 0.2) is 18.2 Å². The van der Waals surface area contributed by atoms with Crippen molar-refractivity contribution < 1.29 is 9.47 Å². The largest absolute Gasteiger partial charge is 0.493 e. The van der Waals surface area contributed by atoms with E-state index in [-0.39, 0.29) is 5.54 Å². The molecule has 19 heavy (non-hydrogen) atoms. The Kier molecular flexibility index (Phi) is 5.67. The third-order valence-corrected chi connectivity index (χ3v) is 2.65. The van der Waals surface area contributed by atoms with E-state index in [0.717, 1.165) is 23.6 Å². The van der Waals surface area contributed by atoms with Crippen LogP contribution in [0.4, 0.5) is 0 Å². The summed E-state index contributed by atoms with van der Waals surface area (Å²) >= 11 is 0. The molecule has 0 saturated carbocycles. The Morgan fingerprint density at radius 3 is 2.42 bits per heavy atom. The molecule has 1 rings (SSSR count). The Bertz CT molecular complexity index is 394. The van der Waals surface area contributed by atoms with Gasteiger partial charge in [-0.3, -0.25) is 0 Å². The second kappa shape index (κ2) is 6.80. The van der Waals surface area contributed by atoms with E-state index in [1.165, 1.54) is 0 Å². The van der Waals surface area contributed by atoms with E-state index in [1.807, 2.05) is 12.1 Å². The molecule has 0 bridgehead atoms. The zero-order chi connectivity index (χ0) is 14.5. The highest BCUT2D eigenvalue weighted by atomic mass is 16.5. The number of benzene rings is 1. The van der Waals surface area contributed by atoms with Gasteiger partial charge in [0.15, 0.2) is 11.5 Å². The molecule has 0 aromatic heterocycles. The molecule has 3 heteroatoms. The molecule has 0 aliphatic carbocycles. The van der Waals surface area contributed by atoms with Crippen molar-refractivity contribution in [3.63, 3.8) is 0 Å². The predicted molar refractivity (Wildman–Crippen MR) is 79.9 cm³/mol. The molecule has 0 radical (unpaired) electrons. The van der Waals surface area contributed by atoms with Crippen molar-refractivity contribution in [3.8, 4) is 11.5 Å². The highest BCUT2D eigenvalue weighted by molar-refractivity contribution is 5.46. The fourth-order valence-corrected chi connectivity index (χ4v) is 1.64. The van der Waals surface area contributed by atoms with Crippen LogP contribution in [0.3, 0.4) is 0 Å². The first-order valence-corrected chi connectivity index (χ1v) is 6.87. The molecule has 0 amide bonds. The van der Waals surface area contributed by atoms with Crippen LogP contribution in [0.1, 0.15) is 40.2 Å². The summed E-state index contributed by atoms with van der Waals surface area (Å²) in [6.45, 7) is 12.2. The summed E-state index contributed by atoms with van der Waals surface area (Å²) in [6.07, 6.45) is 0. The molecule has 1 N–H and O–H groups in total. The van der Waals surface area contributed by atoms with Crippen LogP contribution in [-0.4, -0.2) is 19.3 Å². The van der Waals surface area contributed by atoms with E-state index in [9.17, 15) is 0 Å². The van der Waals surface area contributed by atoms with E-state index >= 15 is 0 Å². The number of para-hydroxylation sites is 1. The van der Waals surface area contributed by atoms with Crippen molar-refractivity contribution in [2.24, 2.45) is 5.92 Å². The summed E-state index contributed by atoms with van der Waals surface area (Å²) < 4.78 is 11.3. The normalized spacial score (nSPS) is 11.7. The topological polar surface area (TPSA) is 30.5 Å². The lowest BCUT2D eigenvalue weighted by molar-refractivity contribution is 0.253. The Balaban J connectivity index is 2.88. The molecule has 0 fully saturated rings. The summed E-state index contributed by atoms with van der Waals surface area (Å²) in [5.74, 6) is 2.15. The molecule has 0 spiro atoms. The minimum absolute atomic E-state index is 0.0817. The van der Waals surface area contributed by atoms with Gasteiger partial charge in [0, 0.05) is 17.6 Å². The summed E-state index contributed by atoms with van der Waals surface area (Å²) in [4.78, 5) is 0. The van der Waals surface area contributed by atoms with Crippen LogP contribution < -0.4 is 14.8 Å². The minimum Gasteiger partial charge on any atom is -0.493 e. The van der Waals surface area contributed by atoms with Gasteiger partial charge in [-0.1, -0.05) is 26.0 Å². The lowest BCUT2D eigenvalue weighted by atomic mass is 10.1. The van der Waals surface area contributed by atoms with Crippen LogP contribution in [-0.2, 0) is 6.54 Å². The van der Waals surface area contributed by atoms with Crippen molar-refractivity contribution in [1.29, 1.82) is 0 Å². The standard InChI is InChI=1S/C16H27NO2/c1-12(2)11-19-15-13(10-17-16(3,4)5)8-7-9-14(15)18-6/h7-9,12,17H,10-11H2,1-6H3. The van der Waals surface area contributed by atoms with Gasteiger partial charge in [-0.15, -0.1) is 0 Å². The third-order valence-electron chi connectivity index (χ3n) is 2.65. The number of ether oxygens (including phenoxy) is 2. The van der Waals surface area contributed by atoms with Crippen molar-refractivity contribution in [2.45, 2.75) is 46.7 Å². The highest BCUT2D eigenvalue weighted by Gasteiger charge is 2.14. The SMILES string of the molecule is COc1cccc(CNC(C)(C)C)c1OCC(C)C. The third kappa shape index (κ3) is 5.52. The summed E-state index contributed by atoms with van der Waals surface area (Å²) in [7, 11) is 1.68. The van der Waals surface area contributed by atoms with Crippen LogP contribution in [0.5, 0.6) is 11.5 Å². The minimum atomic E-state index is 0.0817. The summed E-state index contributed by atoms with van der Waals surface area (Å²) in [5, 5.41) is 3.48. The molecule has 0 aliphatic heterocycles. The predicted octanol–water partition coefficient (Wildman–Crippen LogP) is 3.62. The number of rotatable bonds is 6. The molecular weight excluding hydrogens is 238 g/mol. The first-order chi connectivity index (χ1) is 8.83.